The highest BCUT2D eigenvalue weighted by molar-refractivity contribution is 14.1. The lowest BCUT2D eigenvalue weighted by atomic mass is 9.48. The topological polar surface area (TPSA) is 113 Å². The van der Waals surface area contributed by atoms with Crippen molar-refractivity contribution in [1.29, 1.82) is 0 Å². The zero-order chi connectivity index (χ0) is 46.9. The molecule has 12 bridgehead atoms. The molecule has 0 amide bonds. The fourth-order valence-corrected chi connectivity index (χ4v) is 20.0. The summed E-state index contributed by atoms with van der Waals surface area (Å²) in [6, 6.07) is 31.8. The summed E-state index contributed by atoms with van der Waals surface area (Å²) in [6.07, 6.45) is 23.7. The Morgan fingerprint density at radius 1 is 0.577 bits per heavy atom. The third kappa shape index (κ3) is 8.20. The van der Waals surface area contributed by atoms with Gasteiger partial charge in [0.25, 0.3) is 0 Å². The average molecular weight is 1080 g/mol. The maximum Gasteiger partial charge on any atom is 0.247 e. The van der Waals surface area contributed by atoms with Crippen molar-refractivity contribution in [2.75, 3.05) is 0 Å². The van der Waals surface area contributed by atoms with Gasteiger partial charge in [-0.15, -0.1) is 21.5 Å². The standard InChI is InChI=1S/C60H68IN7O2S/c61-70-50-10-8-40(9-11-50)52-13-12-51(71-52)33-64-60-26-38-17-45(27-60)54(46(18-38)28-60)41-4-6-42(7-5-41)56-62-31-49(66-56)32-63-59-25-39-19-47(29-59)55(48(20-39)30-59)43-2-1-3-44(21-43)57-68-67-53(69-57)34-65-58-22-35-14-36(23-58)16-37(15-35)24-58/h1-13,21,31,35-39,45-48,54-55,63-65H,14-20,22-30,32-34H2,(H,62,66). The van der Waals surface area contributed by atoms with E-state index in [9.17, 15) is 0 Å². The predicted molar refractivity (Wildman–Crippen MR) is 288 cm³/mol. The molecule has 4 atom stereocenters. The number of halogens is 1. The number of hydrogen-bond donors (Lipinski definition) is 4. The van der Waals surface area contributed by atoms with Crippen LogP contribution in [0.5, 0.6) is 5.75 Å². The molecule has 0 spiro atoms. The maximum absolute atomic E-state index is 6.39. The van der Waals surface area contributed by atoms with E-state index in [1.165, 1.54) is 135 Å². The third-order valence-electron chi connectivity index (χ3n) is 20.6. The minimum absolute atomic E-state index is 0.209. The van der Waals surface area contributed by atoms with Crippen LogP contribution in [0.2, 0.25) is 0 Å². The van der Waals surface area contributed by atoms with Gasteiger partial charge in [-0.3, -0.25) is 0 Å². The number of thiophene rings is 1. The summed E-state index contributed by atoms with van der Waals surface area (Å²) in [5.74, 6) is 11.9. The molecule has 3 aromatic carbocycles. The molecule has 9 nitrogen and oxygen atoms in total. The Bertz CT molecular complexity index is 2860. The van der Waals surface area contributed by atoms with E-state index in [-0.39, 0.29) is 11.1 Å². The first-order valence-corrected chi connectivity index (χ1v) is 29.3. The van der Waals surface area contributed by atoms with Crippen LogP contribution in [0.15, 0.2) is 95.5 Å². The van der Waals surface area contributed by atoms with Crippen LogP contribution in [-0.4, -0.2) is 36.8 Å². The van der Waals surface area contributed by atoms with E-state index in [4.69, 9.17) is 12.5 Å². The molecule has 11 heteroatoms. The van der Waals surface area contributed by atoms with Gasteiger partial charge in [0.05, 0.1) is 6.54 Å². The van der Waals surface area contributed by atoms with Crippen molar-refractivity contribution < 1.29 is 7.48 Å². The molecular formula is C60H68IN7O2S. The van der Waals surface area contributed by atoms with Crippen LogP contribution < -0.4 is 19.0 Å². The zero-order valence-electron chi connectivity index (χ0n) is 40.9. The first-order valence-electron chi connectivity index (χ1n) is 27.6. The predicted octanol–water partition coefficient (Wildman–Crippen LogP) is 13.5. The molecule has 18 rings (SSSR count). The molecule has 12 aliphatic rings. The first kappa shape index (κ1) is 44.6. The SMILES string of the molecule is IOc1ccc(-c2ccc(CNC34CC5CC(C3)C(c3ccc(-c6ncc(CNC78CC9CC(C7)C(c7cccc(-c%10nnc(CNC%11%12CC%13CC(CC(C%13)C%11)C%12)o%10)c7)C(C9)C8)[nH]6)cc3)C(C5)C4)s2)cc1. The van der Waals surface area contributed by atoms with Gasteiger partial charge in [0.15, 0.2) is 23.0 Å². The molecule has 12 fully saturated rings. The fourth-order valence-electron chi connectivity index (χ4n) is 18.8. The molecular weight excluding hydrogens is 1010 g/mol. The van der Waals surface area contributed by atoms with E-state index < -0.39 is 0 Å². The van der Waals surface area contributed by atoms with Gasteiger partial charge in [-0.2, -0.15) is 0 Å². The van der Waals surface area contributed by atoms with Gasteiger partial charge < -0.3 is 28.4 Å². The van der Waals surface area contributed by atoms with Gasteiger partial charge in [0, 0.05) is 62.5 Å². The van der Waals surface area contributed by atoms with E-state index in [0.29, 0.717) is 41.6 Å². The molecule has 3 heterocycles. The quantitative estimate of drug-likeness (QED) is 0.0753. The van der Waals surface area contributed by atoms with Gasteiger partial charge in [-0.05, 0) is 233 Å². The second-order valence-corrected chi connectivity index (χ2v) is 26.8. The Hall–Kier alpha value is -3.88. The summed E-state index contributed by atoms with van der Waals surface area (Å²) in [6.45, 7) is 2.49. The molecule has 12 saturated carbocycles. The van der Waals surface area contributed by atoms with Gasteiger partial charge in [0.2, 0.25) is 11.8 Å². The number of aromatic nitrogens is 4. The second-order valence-electron chi connectivity index (χ2n) is 25.2. The number of aromatic amines is 1. The van der Waals surface area contributed by atoms with Crippen LogP contribution >= 0.6 is 34.3 Å². The lowest BCUT2D eigenvalue weighted by molar-refractivity contribution is -0.0392. The number of nitrogens with one attached hydrogen (secondary N) is 4. The molecule has 71 heavy (non-hydrogen) atoms. The molecule has 4 N–H and O–H groups in total. The Morgan fingerprint density at radius 2 is 1.15 bits per heavy atom. The normalized spacial score (nSPS) is 36.8. The molecule has 0 radical (unpaired) electrons. The largest absolute Gasteiger partial charge is 0.428 e. The van der Waals surface area contributed by atoms with Crippen molar-refractivity contribution in [2.45, 2.75) is 151 Å². The van der Waals surface area contributed by atoms with E-state index >= 15 is 0 Å². The number of H-pyrrole nitrogens is 1. The smallest absolute Gasteiger partial charge is 0.247 e. The third-order valence-corrected chi connectivity index (χ3v) is 22.2. The minimum Gasteiger partial charge on any atom is -0.428 e. The van der Waals surface area contributed by atoms with Crippen LogP contribution in [0.1, 0.15) is 142 Å². The van der Waals surface area contributed by atoms with Gasteiger partial charge in [-0.1, -0.05) is 36.4 Å². The van der Waals surface area contributed by atoms with Crippen LogP contribution in [0.4, 0.5) is 0 Å². The summed E-state index contributed by atoms with van der Waals surface area (Å²) in [5, 5.41) is 21.5. The van der Waals surface area contributed by atoms with Gasteiger partial charge in [-0.25, -0.2) is 4.98 Å². The molecule has 3 aromatic heterocycles. The van der Waals surface area contributed by atoms with E-state index in [1.807, 2.05) is 34.3 Å². The maximum atomic E-state index is 6.39. The highest BCUT2D eigenvalue weighted by atomic mass is 127. The second kappa shape index (κ2) is 17.4. The van der Waals surface area contributed by atoms with Crippen molar-refractivity contribution in [3.8, 4) is 39.0 Å². The molecule has 368 valence electrons. The van der Waals surface area contributed by atoms with Crippen molar-refractivity contribution in [3.63, 3.8) is 0 Å². The number of hydrogen-bond acceptors (Lipinski definition) is 9. The number of benzene rings is 3. The Morgan fingerprint density at radius 3 is 1.80 bits per heavy atom. The van der Waals surface area contributed by atoms with Gasteiger partial charge in [0.1, 0.15) is 11.6 Å². The van der Waals surface area contributed by atoms with Crippen LogP contribution in [-0.2, 0) is 19.6 Å². The highest BCUT2D eigenvalue weighted by Crippen LogP contribution is 2.63. The lowest BCUT2D eigenvalue weighted by Gasteiger charge is -2.60. The summed E-state index contributed by atoms with van der Waals surface area (Å²) in [5.41, 5.74) is 8.51. The summed E-state index contributed by atoms with van der Waals surface area (Å²) in [4.78, 5) is 11.5. The van der Waals surface area contributed by atoms with E-state index in [2.05, 4.69) is 122 Å². The minimum atomic E-state index is 0.209. The van der Waals surface area contributed by atoms with Crippen molar-refractivity contribution >= 4 is 34.3 Å². The number of rotatable bonds is 15. The van der Waals surface area contributed by atoms with Crippen molar-refractivity contribution in [2.24, 2.45) is 53.3 Å². The summed E-state index contributed by atoms with van der Waals surface area (Å²) in [7, 11) is 0. The summed E-state index contributed by atoms with van der Waals surface area (Å²) < 4.78 is 11.7. The Labute approximate surface area is 437 Å². The number of imidazole rings is 1. The number of nitrogens with zero attached hydrogens (tertiary/aromatic N) is 3. The molecule has 0 saturated heterocycles. The van der Waals surface area contributed by atoms with Crippen molar-refractivity contribution in [3.05, 3.63) is 119 Å². The monoisotopic (exact) mass is 1080 g/mol. The van der Waals surface area contributed by atoms with E-state index in [0.717, 1.165) is 77.5 Å². The lowest BCUT2D eigenvalue weighted by Crippen LogP contribution is -2.60. The average Bonchev–Trinajstić information content (AvgIpc) is 4.17. The zero-order valence-corrected chi connectivity index (χ0v) is 43.9. The first-order chi connectivity index (χ1) is 34.8. The van der Waals surface area contributed by atoms with Crippen LogP contribution in [0.3, 0.4) is 0 Å². The van der Waals surface area contributed by atoms with Crippen molar-refractivity contribution in [1.82, 2.24) is 36.1 Å². The Balaban J connectivity index is 0.563. The molecule has 4 unspecified atom stereocenters. The van der Waals surface area contributed by atoms with E-state index in [1.54, 1.807) is 5.56 Å². The molecule has 6 aromatic rings. The highest BCUT2D eigenvalue weighted by Gasteiger charge is 2.57. The van der Waals surface area contributed by atoms with Gasteiger partial charge >= 0.3 is 0 Å². The summed E-state index contributed by atoms with van der Waals surface area (Å²) >= 11 is 3.87. The van der Waals surface area contributed by atoms with Crippen LogP contribution in [0, 0.1) is 53.3 Å². The van der Waals surface area contributed by atoms with Crippen LogP contribution in [0.25, 0.3) is 33.3 Å². The fraction of sp³-hybridized carbons (Fsp3) is 0.550. The molecule has 0 aliphatic heterocycles. The molecule has 12 aliphatic carbocycles. The Kier molecular flexibility index (Phi) is 10.9.